The first-order valence-electron chi connectivity index (χ1n) is 5.41. The lowest BCUT2D eigenvalue weighted by molar-refractivity contribution is -0.123. The van der Waals surface area contributed by atoms with Gasteiger partial charge in [-0.25, -0.2) is 4.98 Å². The topological polar surface area (TPSA) is 57.8 Å². The molecule has 1 aromatic heterocycles. The third-order valence-corrected chi connectivity index (χ3v) is 2.87. The first kappa shape index (κ1) is 10.4. The van der Waals surface area contributed by atoms with E-state index in [1.807, 2.05) is 6.92 Å². The molecule has 0 saturated carbocycles. The predicted molar refractivity (Wildman–Crippen MR) is 57.8 cm³/mol. The molecule has 0 aliphatic heterocycles. The van der Waals surface area contributed by atoms with Crippen LogP contribution in [0.5, 0.6) is 0 Å². The van der Waals surface area contributed by atoms with Gasteiger partial charge >= 0.3 is 0 Å². The van der Waals surface area contributed by atoms with Crippen LogP contribution in [0.2, 0.25) is 0 Å². The number of carbonyl (C=O) groups excluding carboxylic acids is 1. The van der Waals surface area contributed by atoms with Gasteiger partial charge in [-0.3, -0.25) is 4.79 Å². The molecule has 0 spiro atoms. The number of rotatable bonds is 2. The molecule has 0 saturated heterocycles. The lowest BCUT2D eigenvalue weighted by atomic mass is 9.86. The highest BCUT2D eigenvalue weighted by molar-refractivity contribution is 5.91. The Morgan fingerprint density at radius 2 is 2.33 bits per heavy atom. The van der Waals surface area contributed by atoms with Crippen LogP contribution in [0.4, 0.5) is 0 Å². The minimum absolute atomic E-state index is 0.0621. The van der Waals surface area contributed by atoms with Gasteiger partial charge in [-0.15, -0.1) is 0 Å². The van der Waals surface area contributed by atoms with E-state index in [4.69, 9.17) is 0 Å². The summed E-state index contributed by atoms with van der Waals surface area (Å²) in [5.41, 5.74) is 2.02. The van der Waals surface area contributed by atoms with Crippen LogP contribution in [-0.2, 0) is 11.2 Å². The quantitative estimate of drug-likeness (QED) is 0.760. The summed E-state index contributed by atoms with van der Waals surface area (Å²) in [6.45, 7) is 6.04. The van der Waals surface area contributed by atoms with Crippen molar-refractivity contribution in [1.29, 1.82) is 0 Å². The lowest BCUT2D eigenvalue weighted by Crippen LogP contribution is -2.46. The number of carbonyl (C=O) groups is 1. The largest absolute Gasteiger partial charge is 0.348 e. The molecule has 0 aromatic carbocycles. The van der Waals surface area contributed by atoms with Gasteiger partial charge in [-0.1, -0.05) is 13.8 Å². The minimum atomic E-state index is -0.0868. The van der Waals surface area contributed by atoms with Gasteiger partial charge in [0.05, 0.1) is 24.0 Å². The Hall–Kier alpha value is -1.16. The number of aromatic nitrogens is 2. The van der Waals surface area contributed by atoms with E-state index >= 15 is 0 Å². The zero-order chi connectivity index (χ0) is 11.0. The summed E-state index contributed by atoms with van der Waals surface area (Å²) in [6.07, 6.45) is 2.41. The third kappa shape index (κ3) is 1.81. The second-order valence-corrected chi connectivity index (χ2v) is 4.47. The van der Waals surface area contributed by atoms with Crippen LogP contribution in [0.3, 0.4) is 0 Å². The van der Waals surface area contributed by atoms with Crippen LogP contribution in [0.1, 0.15) is 38.1 Å². The molecule has 4 nitrogen and oxygen atoms in total. The van der Waals surface area contributed by atoms with Gasteiger partial charge in [0, 0.05) is 18.2 Å². The highest BCUT2D eigenvalue weighted by Gasteiger charge is 2.34. The van der Waals surface area contributed by atoms with Crippen LogP contribution >= 0.6 is 0 Å². The second-order valence-electron chi connectivity index (χ2n) is 4.47. The number of fused-ring (bicyclic) bond motifs is 1. The Morgan fingerprint density at radius 1 is 1.60 bits per heavy atom. The van der Waals surface area contributed by atoms with Crippen LogP contribution in [0.25, 0.3) is 0 Å². The number of Topliss-reactive ketones (excluding diaryl/α,β-unsaturated/α-hetero) is 1. The van der Waals surface area contributed by atoms with E-state index in [-0.39, 0.29) is 17.7 Å². The van der Waals surface area contributed by atoms with Crippen molar-refractivity contribution in [2.45, 2.75) is 45.2 Å². The summed E-state index contributed by atoms with van der Waals surface area (Å²) in [7, 11) is 0. The molecule has 1 unspecified atom stereocenters. The van der Waals surface area contributed by atoms with Crippen LogP contribution in [0.15, 0.2) is 6.33 Å². The Labute approximate surface area is 89.5 Å². The van der Waals surface area contributed by atoms with Gasteiger partial charge < -0.3 is 10.3 Å². The molecule has 4 heteroatoms. The molecule has 0 bridgehead atoms. The fourth-order valence-electron chi connectivity index (χ4n) is 2.15. The lowest BCUT2D eigenvalue weighted by Gasteiger charge is -2.27. The molecule has 0 fully saturated rings. The molecule has 1 aromatic rings. The zero-order valence-electron chi connectivity index (χ0n) is 9.37. The Kier molecular flexibility index (Phi) is 2.61. The zero-order valence-corrected chi connectivity index (χ0v) is 9.37. The summed E-state index contributed by atoms with van der Waals surface area (Å²) in [6, 6.07) is 0.267. The smallest absolute Gasteiger partial charge is 0.158 e. The summed E-state index contributed by atoms with van der Waals surface area (Å²) < 4.78 is 0. The SMILES string of the molecule is CC(C)N[C@@H]1Cc2[nH]cnc2C(C)C1=O. The van der Waals surface area contributed by atoms with Crippen molar-refractivity contribution >= 4 is 5.78 Å². The first-order chi connectivity index (χ1) is 7.09. The van der Waals surface area contributed by atoms with E-state index in [0.717, 1.165) is 17.8 Å². The number of nitrogens with zero attached hydrogens (tertiary/aromatic N) is 1. The number of aromatic amines is 1. The molecule has 82 valence electrons. The average Bonchev–Trinajstić information content (AvgIpc) is 2.61. The van der Waals surface area contributed by atoms with E-state index in [0.29, 0.717) is 6.04 Å². The van der Waals surface area contributed by atoms with E-state index in [1.54, 1.807) is 6.33 Å². The minimum Gasteiger partial charge on any atom is -0.348 e. The summed E-state index contributed by atoms with van der Waals surface area (Å²) in [5, 5.41) is 3.30. The van der Waals surface area contributed by atoms with E-state index in [9.17, 15) is 4.79 Å². The molecule has 0 radical (unpaired) electrons. The molecule has 2 atom stereocenters. The van der Waals surface area contributed by atoms with Crippen molar-refractivity contribution < 1.29 is 4.79 Å². The first-order valence-corrected chi connectivity index (χ1v) is 5.41. The van der Waals surface area contributed by atoms with Gasteiger partial charge in [0.15, 0.2) is 5.78 Å². The predicted octanol–water partition coefficient (Wildman–Crippen LogP) is 1.00. The monoisotopic (exact) mass is 207 g/mol. The van der Waals surface area contributed by atoms with Crippen molar-refractivity contribution in [1.82, 2.24) is 15.3 Å². The maximum atomic E-state index is 12.0. The number of nitrogens with one attached hydrogen (secondary N) is 2. The standard InChI is InChI=1S/C11H17N3O/c1-6(2)14-9-4-8-10(13-5-12-8)7(3)11(9)15/h5-7,9,14H,4H2,1-3H3,(H,12,13)/t7?,9-/m1/s1. The van der Waals surface area contributed by atoms with Crippen molar-refractivity contribution in [3.05, 3.63) is 17.7 Å². The molecule has 2 rings (SSSR count). The van der Waals surface area contributed by atoms with Crippen LogP contribution in [-0.4, -0.2) is 27.8 Å². The van der Waals surface area contributed by atoms with Gasteiger partial charge in [0.1, 0.15) is 0 Å². The van der Waals surface area contributed by atoms with Crippen LogP contribution in [0, 0.1) is 0 Å². The van der Waals surface area contributed by atoms with Gasteiger partial charge in [-0.2, -0.15) is 0 Å². The van der Waals surface area contributed by atoms with Gasteiger partial charge in [-0.05, 0) is 6.92 Å². The fourth-order valence-corrected chi connectivity index (χ4v) is 2.15. The van der Waals surface area contributed by atoms with E-state index < -0.39 is 0 Å². The number of hydrogen-bond donors (Lipinski definition) is 2. The third-order valence-electron chi connectivity index (χ3n) is 2.87. The number of ketones is 1. The highest BCUT2D eigenvalue weighted by atomic mass is 16.1. The van der Waals surface area contributed by atoms with Crippen LogP contribution < -0.4 is 5.32 Å². The van der Waals surface area contributed by atoms with Gasteiger partial charge in [0.25, 0.3) is 0 Å². The molecule has 1 aliphatic carbocycles. The average molecular weight is 207 g/mol. The summed E-state index contributed by atoms with van der Waals surface area (Å²) >= 11 is 0. The van der Waals surface area contributed by atoms with Gasteiger partial charge in [0.2, 0.25) is 0 Å². The molecule has 1 aliphatic rings. The molecular weight excluding hydrogens is 190 g/mol. The maximum Gasteiger partial charge on any atom is 0.158 e. The van der Waals surface area contributed by atoms with Crippen molar-refractivity contribution in [3.8, 4) is 0 Å². The Bertz CT molecular complexity index is 370. The fraction of sp³-hybridized carbons (Fsp3) is 0.636. The molecule has 0 amide bonds. The van der Waals surface area contributed by atoms with Crippen molar-refractivity contribution in [3.63, 3.8) is 0 Å². The molecule has 15 heavy (non-hydrogen) atoms. The van der Waals surface area contributed by atoms with Crippen molar-refractivity contribution in [2.24, 2.45) is 0 Å². The highest BCUT2D eigenvalue weighted by Crippen LogP contribution is 2.26. The maximum absolute atomic E-state index is 12.0. The summed E-state index contributed by atoms with van der Waals surface area (Å²) in [4.78, 5) is 19.3. The number of H-pyrrole nitrogens is 1. The molecule has 1 heterocycles. The Morgan fingerprint density at radius 3 is 3.00 bits per heavy atom. The Balaban J connectivity index is 2.23. The summed E-state index contributed by atoms with van der Waals surface area (Å²) in [5.74, 6) is 0.166. The molecular formula is C11H17N3O. The van der Waals surface area contributed by atoms with E-state index in [2.05, 4.69) is 29.1 Å². The number of imidazole rings is 1. The normalized spacial score (nSPS) is 25.7. The second kappa shape index (κ2) is 3.77. The van der Waals surface area contributed by atoms with Crippen molar-refractivity contribution in [2.75, 3.05) is 0 Å². The molecule has 2 N–H and O–H groups in total. The number of hydrogen-bond acceptors (Lipinski definition) is 3. The van der Waals surface area contributed by atoms with E-state index in [1.165, 1.54) is 0 Å².